The van der Waals surface area contributed by atoms with Gasteiger partial charge in [0.2, 0.25) is 0 Å². The third-order valence-electron chi connectivity index (χ3n) is 4.09. The lowest BCUT2D eigenvalue weighted by Gasteiger charge is -2.25. The lowest BCUT2D eigenvalue weighted by atomic mass is 9.87. The molecular weight excluding hydrogens is 260 g/mol. The molecule has 0 saturated carbocycles. The zero-order valence-corrected chi connectivity index (χ0v) is 12.1. The number of fused-ring (bicyclic) bond motifs is 1. The highest BCUT2D eigenvalue weighted by Gasteiger charge is 2.23. The monoisotopic (exact) mass is 280 g/mol. The van der Waals surface area contributed by atoms with Crippen molar-refractivity contribution in [2.24, 2.45) is 0 Å². The SMILES string of the molecule is O=C(CCc1ccccc1)CC1CCOc2ccccc21. The maximum absolute atomic E-state index is 12.3. The van der Waals surface area contributed by atoms with E-state index in [1.54, 1.807) is 0 Å². The number of carbonyl (C=O) groups is 1. The van der Waals surface area contributed by atoms with Gasteiger partial charge >= 0.3 is 0 Å². The Morgan fingerprint density at radius 3 is 2.67 bits per heavy atom. The summed E-state index contributed by atoms with van der Waals surface area (Å²) in [6.45, 7) is 0.716. The van der Waals surface area contributed by atoms with E-state index in [0.29, 0.717) is 31.1 Å². The Kier molecular flexibility index (Phi) is 4.34. The van der Waals surface area contributed by atoms with E-state index in [0.717, 1.165) is 18.6 Å². The molecule has 2 nitrogen and oxygen atoms in total. The normalized spacial score (nSPS) is 16.9. The van der Waals surface area contributed by atoms with Crippen LogP contribution in [0.15, 0.2) is 54.6 Å². The fourth-order valence-corrected chi connectivity index (χ4v) is 2.93. The molecule has 0 fully saturated rings. The summed E-state index contributed by atoms with van der Waals surface area (Å²) in [6.07, 6.45) is 3.04. The predicted octanol–water partition coefficient (Wildman–Crippen LogP) is 4.14. The van der Waals surface area contributed by atoms with E-state index in [1.165, 1.54) is 11.1 Å². The molecule has 1 heterocycles. The van der Waals surface area contributed by atoms with Crippen LogP contribution in [0.3, 0.4) is 0 Å². The Morgan fingerprint density at radius 2 is 1.81 bits per heavy atom. The molecule has 0 bridgehead atoms. The molecule has 1 atom stereocenters. The van der Waals surface area contributed by atoms with E-state index in [1.807, 2.05) is 36.4 Å². The third kappa shape index (κ3) is 3.52. The molecule has 0 radical (unpaired) electrons. The molecule has 0 aromatic heterocycles. The molecule has 0 aliphatic carbocycles. The van der Waals surface area contributed by atoms with Crippen molar-refractivity contribution >= 4 is 5.78 Å². The number of carbonyl (C=O) groups excluding carboxylic acids is 1. The molecule has 2 aromatic rings. The molecule has 1 unspecified atom stereocenters. The quantitative estimate of drug-likeness (QED) is 0.822. The van der Waals surface area contributed by atoms with Gasteiger partial charge in [0, 0.05) is 12.8 Å². The Hall–Kier alpha value is -2.09. The maximum atomic E-state index is 12.3. The first kappa shape index (κ1) is 13.9. The number of aryl methyl sites for hydroxylation is 1. The summed E-state index contributed by atoms with van der Waals surface area (Å²) in [6, 6.07) is 18.3. The molecule has 2 aromatic carbocycles. The van der Waals surface area contributed by atoms with Crippen LogP contribution in [0.2, 0.25) is 0 Å². The van der Waals surface area contributed by atoms with Crippen molar-refractivity contribution in [1.82, 2.24) is 0 Å². The van der Waals surface area contributed by atoms with Crippen LogP contribution < -0.4 is 4.74 Å². The maximum Gasteiger partial charge on any atom is 0.133 e. The van der Waals surface area contributed by atoms with Gasteiger partial charge in [-0.25, -0.2) is 0 Å². The summed E-state index contributed by atoms with van der Waals surface area (Å²) in [7, 11) is 0. The van der Waals surface area contributed by atoms with Crippen LogP contribution in [-0.4, -0.2) is 12.4 Å². The first-order valence-electron chi connectivity index (χ1n) is 7.60. The number of benzene rings is 2. The number of ether oxygens (including phenoxy) is 1. The van der Waals surface area contributed by atoms with Crippen LogP contribution in [0.5, 0.6) is 5.75 Å². The molecule has 108 valence electrons. The van der Waals surface area contributed by atoms with Gasteiger partial charge < -0.3 is 4.74 Å². The van der Waals surface area contributed by atoms with E-state index >= 15 is 0 Å². The molecule has 1 aliphatic rings. The minimum absolute atomic E-state index is 0.318. The van der Waals surface area contributed by atoms with Crippen LogP contribution in [0.4, 0.5) is 0 Å². The van der Waals surface area contributed by atoms with Gasteiger partial charge in [0.15, 0.2) is 0 Å². The van der Waals surface area contributed by atoms with Crippen LogP contribution in [-0.2, 0) is 11.2 Å². The largest absolute Gasteiger partial charge is 0.493 e. The second-order valence-electron chi connectivity index (χ2n) is 5.60. The zero-order valence-electron chi connectivity index (χ0n) is 12.1. The number of para-hydroxylation sites is 1. The Balaban J connectivity index is 1.58. The number of hydrogen-bond donors (Lipinski definition) is 0. The van der Waals surface area contributed by atoms with E-state index in [-0.39, 0.29) is 0 Å². The summed E-state index contributed by atoms with van der Waals surface area (Å²) in [5.41, 5.74) is 2.43. The molecule has 0 spiro atoms. The van der Waals surface area contributed by atoms with Crippen LogP contribution in [0.1, 0.15) is 36.3 Å². The van der Waals surface area contributed by atoms with Crippen molar-refractivity contribution in [2.75, 3.05) is 6.61 Å². The second-order valence-corrected chi connectivity index (χ2v) is 5.60. The number of ketones is 1. The van der Waals surface area contributed by atoms with Crippen molar-refractivity contribution in [2.45, 2.75) is 31.6 Å². The van der Waals surface area contributed by atoms with Crippen molar-refractivity contribution in [1.29, 1.82) is 0 Å². The molecule has 21 heavy (non-hydrogen) atoms. The summed E-state index contributed by atoms with van der Waals surface area (Å²) >= 11 is 0. The molecule has 3 rings (SSSR count). The van der Waals surface area contributed by atoms with Crippen molar-refractivity contribution in [3.05, 3.63) is 65.7 Å². The standard InChI is InChI=1S/C19H20O2/c20-17(11-10-15-6-2-1-3-7-15)14-16-12-13-21-19-9-5-4-8-18(16)19/h1-9,16H,10-14H2. The molecule has 2 heteroatoms. The highest BCUT2D eigenvalue weighted by Crippen LogP contribution is 2.35. The van der Waals surface area contributed by atoms with Gasteiger partial charge in [0.1, 0.15) is 11.5 Å². The molecule has 0 amide bonds. The van der Waals surface area contributed by atoms with Gasteiger partial charge in [-0.05, 0) is 36.0 Å². The average molecular weight is 280 g/mol. The van der Waals surface area contributed by atoms with Gasteiger partial charge in [-0.1, -0.05) is 48.5 Å². The topological polar surface area (TPSA) is 26.3 Å². The summed E-state index contributed by atoms with van der Waals surface area (Å²) in [5.74, 6) is 1.61. The lowest BCUT2D eigenvalue weighted by molar-refractivity contribution is -0.119. The number of rotatable bonds is 5. The Bertz CT molecular complexity index is 604. The zero-order chi connectivity index (χ0) is 14.5. The smallest absolute Gasteiger partial charge is 0.133 e. The second kappa shape index (κ2) is 6.57. The highest BCUT2D eigenvalue weighted by atomic mass is 16.5. The summed E-state index contributed by atoms with van der Waals surface area (Å²) < 4.78 is 5.65. The first-order chi connectivity index (χ1) is 10.3. The highest BCUT2D eigenvalue weighted by molar-refractivity contribution is 5.79. The molecular formula is C19H20O2. The fourth-order valence-electron chi connectivity index (χ4n) is 2.93. The Labute approximate surface area is 125 Å². The Morgan fingerprint density at radius 1 is 1.05 bits per heavy atom. The minimum atomic E-state index is 0.318. The fraction of sp³-hybridized carbons (Fsp3) is 0.316. The van der Waals surface area contributed by atoms with Crippen LogP contribution >= 0.6 is 0 Å². The van der Waals surface area contributed by atoms with Crippen molar-refractivity contribution in [3.8, 4) is 5.75 Å². The van der Waals surface area contributed by atoms with E-state index < -0.39 is 0 Å². The van der Waals surface area contributed by atoms with Gasteiger partial charge in [-0.15, -0.1) is 0 Å². The molecule has 0 saturated heterocycles. The minimum Gasteiger partial charge on any atom is -0.493 e. The van der Waals surface area contributed by atoms with Crippen LogP contribution in [0.25, 0.3) is 0 Å². The van der Waals surface area contributed by atoms with E-state index in [2.05, 4.69) is 18.2 Å². The molecule has 0 N–H and O–H groups in total. The summed E-state index contributed by atoms with van der Waals surface area (Å²) in [5, 5.41) is 0. The van der Waals surface area contributed by atoms with Gasteiger partial charge in [0.05, 0.1) is 6.61 Å². The van der Waals surface area contributed by atoms with Gasteiger partial charge in [-0.2, -0.15) is 0 Å². The average Bonchev–Trinajstić information content (AvgIpc) is 2.54. The first-order valence-corrected chi connectivity index (χ1v) is 7.60. The summed E-state index contributed by atoms with van der Waals surface area (Å²) in [4.78, 5) is 12.3. The third-order valence-corrected chi connectivity index (χ3v) is 4.09. The number of hydrogen-bond acceptors (Lipinski definition) is 2. The van der Waals surface area contributed by atoms with Crippen molar-refractivity contribution < 1.29 is 9.53 Å². The van der Waals surface area contributed by atoms with Crippen LogP contribution in [0, 0.1) is 0 Å². The molecule has 1 aliphatic heterocycles. The van der Waals surface area contributed by atoms with Gasteiger partial charge in [-0.3, -0.25) is 4.79 Å². The van der Waals surface area contributed by atoms with E-state index in [9.17, 15) is 4.79 Å². The van der Waals surface area contributed by atoms with E-state index in [4.69, 9.17) is 4.74 Å². The predicted molar refractivity (Wildman–Crippen MR) is 83.7 cm³/mol. The van der Waals surface area contributed by atoms with Gasteiger partial charge in [0.25, 0.3) is 0 Å². The van der Waals surface area contributed by atoms with Crippen molar-refractivity contribution in [3.63, 3.8) is 0 Å². The lowest BCUT2D eigenvalue weighted by Crippen LogP contribution is -2.17. The number of Topliss-reactive ketones (excluding diaryl/α,β-unsaturated/α-hetero) is 1.